The molecule has 0 unspecified atom stereocenters. The number of pyridine rings is 1. The van der Waals surface area contributed by atoms with Crippen molar-refractivity contribution in [2.45, 2.75) is 0 Å². The van der Waals surface area contributed by atoms with E-state index in [0.29, 0.717) is 15.9 Å². The largest absolute Gasteiger partial charge is 0.497 e. The van der Waals surface area contributed by atoms with Crippen LogP contribution >= 0.6 is 34.8 Å². The van der Waals surface area contributed by atoms with Gasteiger partial charge in [0.15, 0.2) is 5.82 Å². The minimum atomic E-state index is 0.206. The summed E-state index contributed by atoms with van der Waals surface area (Å²) >= 11 is 17.7. The topological polar surface area (TPSA) is 34.1 Å². The molecular formula is C12H9Cl3N2O. The van der Waals surface area contributed by atoms with Crippen LogP contribution < -0.4 is 10.1 Å². The third kappa shape index (κ3) is 2.99. The Morgan fingerprint density at radius 3 is 2.33 bits per heavy atom. The molecule has 0 aliphatic heterocycles. The van der Waals surface area contributed by atoms with Gasteiger partial charge in [-0.15, -0.1) is 0 Å². The molecule has 1 N–H and O–H groups in total. The van der Waals surface area contributed by atoms with Crippen LogP contribution in [-0.2, 0) is 0 Å². The fraction of sp³-hybridized carbons (Fsp3) is 0.0833. The monoisotopic (exact) mass is 302 g/mol. The minimum absolute atomic E-state index is 0.206. The van der Waals surface area contributed by atoms with Crippen LogP contribution in [0.3, 0.4) is 0 Å². The Hall–Kier alpha value is -1.16. The summed E-state index contributed by atoms with van der Waals surface area (Å²) in [5.41, 5.74) is 0.823. The van der Waals surface area contributed by atoms with Crippen LogP contribution in [0.4, 0.5) is 11.5 Å². The third-order valence-electron chi connectivity index (χ3n) is 2.24. The molecule has 0 saturated heterocycles. The van der Waals surface area contributed by atoms with Crippen LogP contribution in [-0.4, -0.2) is 12.1 Å². The van der Waals surface area contributed by atoms with E-state index < -0.39 is 0 Å². The predicted octanol–water partition coefficient (Wildman–Crippen LogP) is 4.79. The maximum Gasteiger partial charge on any atom is 0.151 e. The van der Waals surface area contributed by atoms with Gasteiger partial charge in [0.1, 0.15) is 10.9 Å². The molecule has 1 aromatic carbocycles. The molecule has 0 spiro atoms. The van der Waals surface area contributed by atoms with Gasteiger partial charge >= 0.3 is 0 Å². The van der Waals surface area contributed by atoms with Crippen molar-refractivity contribution in [3.63, 3.8) is 0 Å². The number of anilines is 2. The summed E-state index contributed by atoms with van der Waals surface area (Å²) in [5, 5.41) is 3.98. The molecule has 2 aromatic rings. The second-order valence-corrected chi connectivity index (χ2v) is 4.62. The zero-order valence-electron chi connectivity index (χ0n) is 9.38. The molecule has 0 amide bonds. The molecule has 0 saturated carbocycles. The first-order valence-corrected chi connectivity index (χ1v) is 6.16. The van der Waals surface area contributed by atoms with Gasteiger partial charge in [0.2, 0.25) is 0 Å². The number of methoxy groups -OCH3 is 1. The number of hydrogen-bond acceptors (Lipinski definition) is 3. The third-order valence-corrected chi connectivity index (χ3v) is 3.20. The Labute approximate surface area is 120 Å². The molecule has 3 nitrogen and oxygen atoms in total. The molecule has 0 aliphatic carbocycles. The van der Waals surface area contributed by atoms with Crippen LogP contribution in [0.5, 0.6) is 5.75 Å². The first-order chi connectivity index (χ1) is 8.60. The van der Waals surface area contributed by atoms with Crippen LogP contribution in [0.25, 0.3) is 0 Å². The molecule has 2 rings (SSSR count). The minimum Gasteiger partial charge on any atom is -0.497 e. The molecule has 0 aliphatic rings. The number of benzene rings is 1. The lowest BCUT2D eigenvalue weighted by molar-refractivity contribution is 0.415. The van der Waals surface area contributed by atoms with E-state index in [-0.39, 0.29) is 5.15 Å². The van der Waals surface area contributed by atoms with Gasteiger partial charge in [0, 0.05) is 5.69 Å². The van der Waals surface area contributed by atoms with Gasteiger partial charge in [-0.05, 0) is 30.3 Å². The average molecular weight is 304 g/mol. The van der Waals surface area contributed by atoms with E-state index in [0.717, 1.165) is 11.4 Å². The number of nitrogens with one attached hydrogen (secondary N) is 1. The summed E-state index contributed by atoms with van der Waals surface area (Å²) in [7, 11) is 1.61. The Morgan fingerprint density at radius 1 is 1.06 bits per heavy atom. The molecule has 1 heterocycles. The summed E-state index contributed by atoms with van der Waals surface area (Å²) < 4.78 is 5.07. The number of ether oxygens (including phenoxy) is 1. The summed E-state index contributed by atoms with van der Waals surface area (Å²) in [6.45, 7) is 0. The second-order valence-electron chi connectivity index (χ2n) is 3.44. The maximum absolute atomic E-state index is 6.02. The molecule has 0 bridgehead atoms. The Morgan fingerprint density at radius 2 is 1.72 bits per heavy atom. The summed E-state index contributed by atoms with van der Waals surface area (Å²) in [4.78, 5) is 4.07. The fourth-order valence-electron chi connectivity index (χ4n) is 1.34. The molecule has 1 aromatic heterocycles. The number of halogens is 3. The van der Waals surface area contributed by atoms with Crippen molar-refractivity contribution in [2.24, 2.45) is 0 Å². The van der Waals surface area contributed by atoms with Crippen molar-refractivity contribution in [1.29, 1.82) is 0 Å². The van der Waals surface area contributed by atoms with Crippen molar-refractivity contribution < 1.29 is 4.74 Å². The van der Waals surface area contributed by atoms with E-state index >= 15 is 0 Å². The van der Waals surface area contributed by atoms with Gasteiger partial charge < -0.3 is 10.1 Å². The molecule has 0 radical (unpaired) electrons. The van der Waals surface area contributed by atoms with Crippen LogP contribution in [0.15, 0.2) is 30.3 Å². The molecule has 0 atom stereocenters. The number of nitrogens with zero attached hydrogens (tertiary/aromatic N) is 1. The van der Waals surface area contributed by atoms with Gasteiger partial charge in [-0.1, -0.05) is 34.8 Å². The van der Waals surface area contributed by atoms with E-state index in [9.17, 15) is 0 Å². The highest BCUT2D eigenvalue weighted by atomic mass is 35.5. The lowest BCUT2D eigenvalue weighted by atomic mass is 10.3. The van der Waals surface area contributed by atoms with Crippen LogP contribution in [0.1, 0.15) is 0 Å². The SMILES string of the molecule is COc1ccc(Nc2nc(Cl)c(Cl)cc2Cl)cc1. The quantitative estimate of drug-likeness (QED) is 0.827. The first-order valence-electron chi connectivity index (χ1n) is 5.03. The van der Waals surface area contributed by atoms with Crippen LogP contribution in [0.2, 0.25) is 15.2 Å². The van der Waals surface area contributed by atoms with E-state index in [1.54, 1.807) is 13.2 Å². The van der Waals surface area contributed by atoms with Gasteiger partial charge in [0.05, 0.1) is 17.2 Å². The molecule has 0 fully saturated rings. The van der Waals surface area contributed by atoms with Crippen molar-refractivity contribution in [3.8, 4) is 5.75 Å². The average Bonchev–Trinajstić information content (AvgIpc) is 2.37. The lowest BCUT2D eigenvalue weighted by Gasteiger charge is -2.09. The lowest BCUT2D eigenvalue weighted by Crippen LogP contribution is -1.95. The maximum atomic E-state index is 6.02. The first kappa shape index (κ1) is 13.3. The smallest absolute Gasteiger partial charge is 0.151 e. The summed E-state index contributed by atoms with van der Waals surface area (Å²) in [6.07, 6.45) is 0. The van der Waals surface area contributed by atoms with Gasteiger partial charge in [0.25, 0.3) is 0 Å². The zero-order valence-corrected chi connectivity index (χ0v) is 11.6. The van der Waals surface area contributed by atoms with E-state index in [4.69, 9.17) is 39.5 Å². The van der Waals surface area contributed by atoms with Crippen molar-refractivity contribution in [2.75, 3.05) is 12.4 Å². The number of rotatable bonds is 3. The summed E-state index contributed by atoms with van der Waals surface area (Å²) in [6, 6.07) is 8.89. The van der Waals surface area contributed by atoms with Gasteiger partial charge in [-0.25, -0.2) is 4.98 Å². The highest BCUT2D eigenvalue weighted by Gasteiger charge is 2.08. The molecule has 6 heteroatoms. The van der Waals surface area contributed by atoms with E-state index in [1.807, 2.05) is 24.3 Å². The molecule has 18 heavy (non-hydrogen) atoms. The zero-order chi connectivity index (χ0) is 13.1. The number of aromatic nitrogens is 1. The highest BCUT2D eigenvalue weighted by Crippen LogP contribution is 2.30. The van der Waals surface area contributed by atoms with Crippen molar-refractivity contribution >= 4 is 46.3 Å². The van der Waals surface area contributed by atoms with E-state index in [1.165, 1.54) is 0 Å². The molecule has 94 valence electrons. The Bertz CT molecular complexity index is 558. The van der Waals surface area contributed by atoms with Gasteiger partial charge in [-0.2, -0.15) is 0 Å². The highest BCUT2D eigenvalue weighted by molar-refractivity contribution is 6.43. The normalized spacial score (nSPS) is 10.2. The Balaban J connectivity index is 2.25. The van der Waals surface area contributed by atoms with Crippen LogP contribution in [0, 0.1) is 0 Å². The predicted molar refractivity (Wildman–Crippen MR) is 75.5 cm³/mol. The number of hydrogen-bond donors (Lipinski definition) is 1. The summed E-state index contributed by atoms with van der Waals surface area (Å²) in [5.74, 6) is 1.23. The molecular weight excluding hydrogens is 295 g/mol. The van der Waals surface area contributed by atoms with Crippen molar-refractivity contribution in [1.82, 2.24) is 4.98 Å². The Kier molecular flexibility index (Phi) is 4.17. The second kappa shape index (κ2) is 5.65. The fourth-order valence-corrected chi connectivity index (χ4v) is 1.89. The van der Waals surface area contributed by atoms with Crippen molar-refractivity contribution in [3.05, 3.63) is 45.5 Å². The standard InChI is InChI=1S/C12H9Cl3N2O/c1-18-8-4-2-7(3-5-8)16-12-10(14)6-9(13)11(15)17-12/h2-6H,1H3,(H,16,17). The van der Waals surface area contributed by atoms with E-state index in [2.05, 4.69) is 10.3 Å². The van der Waals surface area contributed by atoms with Gasteiger partial charge in [-0.3, -0.25) is 0 Å².